The van der Waals surface area contributed by atoms with Gasteiger partial charge in [-0.1, -0.05) is 23.7 Å². The van der Waals surface area contributed by atoms with E-state index in [-0.39, 0.29) is 39.8 Å². The third kappa shape index (κ3) is 5.36. The second-order valence-electron chi connectivity index (χ2n) is 6.61. The molecule has 0 aliphatic rings. The van der Waals surface area contributed by atoms with Crippen molar-refractivity contribution in [3.63, 3.8) is 0 Å². The van der Waals surface area contributed by atoms with E-state index in [1.54, 1.807) is 6.07 Å². The predicted octanol–water partition coefficient (Wildman–Crippen LogP) is 5.83. The van der Waals surface area contributed by atoms with Gasteiger partial charge in [-0.2, -0.15) is 36.3 Å². The van der Waals surface area contributed by atoms with E-state index < -0.39 is 23.7 Å². The van der Waals surface area contributed by atoms with Crippen LogP contribution in [0.2, 0.25) is 5.15 Å². The standard InChI is InChI=1S/C20H10ClF6N7/c21-15-6-2-4-12(31-15)17-32-16(11-3-1-5-13(30-11)19(22,23)24)33-18(34-17)29-10-7-8-28-14(9-10)20(25,26)27/h1-9H,(H,28,29,32,33,34). The number of alkyl halides is 6. The summed E-state index contributed by atoms with van der Waals surface area (Å²) in [5.41, 5.74) is -2.50. The van der Waals surface area contributed by atoms with Gasteiger partial charge < -0.3 is 5.32 Å². The molecule has 4 aromatic heterocycles. The normalized spacial score (nSPS) is 12.0. The Morgan fingerprint density at radius 1 is 0.676 bits per heavy atom. The molecule has 0 amide bonds. The second-order valence-corrected chi connectivity index (χ2v) is 7.00. The van der Waals surface area contributed by atoms with Crippen LogP contribution in [0.4, 0.5) is 38.0 Å². The zero-order chi connectivity index (χ0) is 24.5. The lowest BCUT2D eigenvalue weighted by molar-refractivity contribution is -0.141. The maximum Gasteiger partial charge on any atom is 0.433 e. The first-order valence-electron chi connectivity index (χ1n) is 9.23. The molecule has 0 unspecified atom stereocenters. The van der Waals surface area contributed by atoms with Crippen molar-refractivity contribution in [2.75, 3.05) is 5.32 Å². The Kier molecular flexibility index (Phi) is 6.04. The van der Waals surface area contributed by atoms with Crippen LogP contribution >= 0.6 is 11.6 Å². The number of aromatic nitrogens is 6. The van der Waals surface area contributed by atoms with Crippen molar-refractivity contribution in [2.45, 2.75) is 12.4 Å². The molecule has 0 radical (unpaired) electrons. The third-order valence-corrected chi connectivity index (χ3v) is 4.37. The number of pyridine rings is 3. The number of halogens is 7. The van der Waals surface area contributed by atoms with Crippen LogP contribution in [0.15, 0.2) is 54.7 Å². The zero-order valence-corrected chi connectivity index (χ0v) is 17.3. The Bertz CT molecular complexity index is 1340. The first-order chi connectivity index (χ1) is 16.0. The van der Waals surface area contributed by atoms with Crippen LogP contribution in [-0.4, -0.2) is 29.9 Å². The van der Waals surface area contributed by atoms with Gasteiger partial charge in [0.25, 0.3) is 0 Å². The summed E-state index contributed by atoms with van der Waals surface area (Å²) >= 11 is 5.90. The Hall–Kier alpha value is -3.87. The zero-order valence-electron chi connectivity index (χ0n) is 16.5. The summed E-state index contributed by atoms with van der Waals surface area (Å²) in [7, 11) is 0. The minimum absolute atomic E-state index is 0.0681. The molecule has 0 spiro atoms. The van der Waals surface area contributed by atoms with Crippen LogP contribution in [0.1, 0.15) is 11.4 Å². The van der Waals surface area contributed by atoms with Crippen molar-refractivity contribution < 1.29 is 26.3 Å². The van der Waals surface area contributed by atoms with Gasteiger partial charge in [-0.25, -0.2) is 15.0 Å². The predicted molar refractivity (Wildman–Crippen MR) is 109 cm³/mol. The van der Waals surface area contributed by atoms with E-state index in [4.69, 9.17) is 11.6 Å². The van der Waals surface area contributed by atoms with Gasteiger partial charge in [-0.3, -0.25) is 4.98 Å². The summed E-state index contributed by atoms with van der Waals surface area (Å²) in [6, 6.07) is 9.62. The van der Waals surface area contributed by atoms with Crippen molar-refractivity contribution in [3.8, 4) is 23.0 Å². The molecule has 7 nitrogen and oxygen atoms in total. The van der Waals surface area contributed by atoms with Gasteiger partial charge in [-0.15, -0.1) is 0 Å². The van der Waals surface area contributed by atoms with Gasteiger partial charge in [0.2, 0.25) is 5.95 Å². The number of anilines is 2. The van der Waals surface area contributed by atoms with Gasteiger partial charge in [0.05, 0.1) is 0 Å². The minimum Gasteiger partial charge on any atom is -0.324 e. The first-order valence-corrected chi connectivity index (χ1v) is 9.61. The van der Waals surface area contributed by atoms with Crippen LogP contribution in [0, 0.1) is 0 Å². The van der Waals surface area contributed by atoms with Crippen molar-refractivity contribution >= 4 is 23.2 Å². The number of nitrogens with zero attached hydrogens (tertiary/aromatic N) is 6. The van der Waals surface area contributed by atoms with Gasteiger partial charge in [-0.05, 0) is 36.4 Å². The Morgan fingerprint density at radius 2 is 1.29 bits per heavy atom. The highest BCUT2D eigenvalue weighted by Crippen LogP contribution is 2.31. The molecular weight excluding hydrogens is 488 g/mol. The maximum atomic E-state index is 13.1. The highest BCUT2D eigenvalue weighted by Gasteiger charge is 2.33. The largest absolute Gasteiger partial charge is 0.433 e. The summed E-state index contributed by atoms with van der Waals surface area (Å²) in [4.78, 5) is 23.2. The minimum atomic E-state index is -4.72. The lowest BCUT2D eigenvalue weighted by Gasteiger charge is -2.11. The number of hydrogen-bond acceptors (Lipinski definition) is 7. The van der Waals surface area contributed by atoms with Crippen LogP contribution in [0.25, 0.3) is 23.0 Å². The van der Waals surface area contributed by atoms with E-state index in [1.165, 1.54) is 24.3 Å². The maximum absolute atomic E-state index is 13.1. The number of rotatable bonds is 4. The molecule has 4 heterocycles. The van der Waals surface area contributed by atoms with E-state index in [0.29, 0.717) is 0 Å². The number of nitrogens with one attached hydrogen (secondary N) is 1. The van der Waals surface area contributed by atoms with E-state index in [0.717, 1.165) is 24.4 Å². The Labute approximate surface area is 191 Å². The van der Waals surface area contributed by atoms with Crippen molar-refractivity contribution in [1.82, 2.24) is 29.9 Å². The molecule has 4 rings (SSSR count). The van der Waals surface area contributed by atoms with Gasteiger partial charge in [0, 0.05) is 11.9 Å². The van der Waals surface area contributed by atoms with Crippen molar-refractivity contribution in [1.29, 1.82) is 0 Å². The summed E-state index contributed by atoms with van der Waals surface area (Å²) in [6.07, 6.45) is -8.48. The third-order valence-electron chi connectivity index (χ3n) is 4.15. The summed E-state index contributed by atoms with van der Waals surface area (Å²) in [5, 5.41) is 2.68. The molecule has 0 saturated heterocycles. The lowest BCUT2D eigenvalue weighted by atomic mass is 10.2. The van der Waals surface area contributed by atoms with E-state index in [1.807, 2.05) is 0 Å². The lowest BCUT2D eigenvalue weighted by Crippen LogP contribution is -2.10. The highest BCUT2D eigenvalue weighted by molar-refractivity contribution is 6.29. The summed E-state index contributed by atoms with van der Waals surface area (Å²) in [6.45, 7) is 0. The fourth-order valence-electron chi connectivity index (χ4n) is 2.70. The monoisotopic (exact) mass is 497 g/mol. The van der Waals surface area contributed by atoms with E-state index in [9.17, 15) is 26.3 Å². The second kappa shape index (κ2) is 8.82. The van der Waals surface area contributed by atoms with Crippen LogP contribution in [-0.2, 0) is 12.4 Å². The first kappa shape index (κ1) is 23.3. The highest BCUT2D eigenvalue weighted by atomic mass is 35.5. The molecule has 1 N–H and O–H groups in total. The van der Waals surface area contributed by atoms with Crippen LogP contribution < -0.4 is 5.32 Å². The van der Waals surface area contributed by atoms with E-state index in [2.05, 4.69) is 35.2 Å². The molecule has 4 aromatic rings. The van der Waals surface area contributed by atoms with Crippen LogP contribution in [0.5, 0.6) is 0 Å². The molecule has 0 saturated carbocycles. The Balaban J connectivity index is 1.82. The van der Waals surface area contributed by atoms with Gasteiger partial charge in [0.1, 0.15) is 27.9 Å². The molecule has 0 aliphatic carbocycles. The smallest absolute Gasteiger partial charge is 0.324 e. The van der Waals surface area contributed by atoms with Crippen LogP contribution in [0.3, 0.4) is 0 Å². The molecule has 174 valence electrons. The average Bonchev–Trinajstić information content (AvgIpc) is 2.78. The van der Waals surface area contributed by atoms with Crippen molar-refractivity contribution in [2.24, 2.45) is 0 Å². The Morgan fingerprint density at radius 3 is 1.91 bits per heavy atom. The molecule has 34 heavy (non-hydrogen) atoms. The van der Waals surface area contributed by atoms with Crippen molar-refractivity contribution in [3.05, 3.63) is 71.3 Å². The number of hydrogen-bond donors (Lipinski definition) is 1. The van der Waals surface area contributed by atoms with Gasteiger partial charge in [0.15, 0.2) is 11.6 Å². The molecule has 0 fully saturated rings. The molecule has 0 atom stereocenters. The summed E-state index contributed by atoms with van der Waals surface area (Å²) < 4.78 is 78.4. The van der Waals surface area contributed by atoms with Gasteiger partial charge >= 0.3 is 12.4 Å². The SMILES string of the molecule is FC(F)(F)c1cc(Nc2nc(-c3cccc(Cl)n3)nc(-c3cccc(C(F)(F)F)n3)n2)ccn1. The molecule has 0 bridgehead atoms. The van der Waals surface area contributed by atoms with E-state index >= 15 is 0 Å². The quantitative estimate of drug-likeness (QED) is 0.280. The molecular formula is C20H10ClF6N7. The molecule has 14 heteroatoms. The topological polar surface area (TPSA) is 89.4 Å². The fourth-order valence-corrected chi connectivity index (χ4v) is 2.87. The molecule has 0 aliphatic heterocycles. The fraction of sp³-hybridized carbons (Fsp3) is 0.100. The molecule has 0 aromatic carbocycles. The summed E-state index contributed by atoms with van der Waals surface area (Å²) in [5.74, 6) is -0.634. The average molecular weight is 498 g/mol.